The molecule has 1 aliphatic rings. The Labute approximate surface area is 271 Å². The average molecular weight is 653 g/mol. The topological polar surface area (TPSA) is 84.4 Å². The summed E-state index contributed by atoms with van der Waals surface area (Å²) in [6.07, 6.45) is 4.11. The zero-order valence-electron chi connectivity index (χ0n) is 26.9. The Hall–Kier alpha value is -3.22. The summed E-state index contributed by atoms with van der Waals surface area (Å²) in [6, 6.07) is 15.1. The second-order valence-corrected chi connectivity index (χ2v) is 15.2. The first-order valence-corrected chi connectivity index (χ1v) is 17.5. The standard InChI is InChI=1S/C34H44N4O5S2/c1-34(2,25-37-19-17-36(18-20-37)23-27-11-12-30(41-3)33(43-5)32(27)42-4)14-16-38(24-28-9-7-21-44-28)45(39,40)31-10-6-8-26-22-35-15-13-29(26)31/h6-13,15,21-22H,14,16-20,23-25H2,1-5H3. The Bertz CT molecular complexity index is 1660. The molecule has 9 nitrogen and oxygen atoms in total. The predicted molar refractivity (Wildman–Crippen MR) is 180 cm³/mol. The second kappa shape index (κ2) is 14.5. The molecule has 0 aliphatic carbocycles. The van der Waals surface area contributed by atoms with Gasteiger partial charge in [-0.15, -0.1) is 11.3 Å². The van der Waals surface area contributed by atoms with E-state index in [1.165, 1.54) is 0 Å². The summed E-state index contributed by atoms with van der Waals surface area (Å²) in [5, 5.41) is 3.51. The summed E-state index contributed by atoms with van der Waals surface area (Å²) in [6.45, 7) is 10.7. The van der Waals surface area contributed by atoms with Gasteiger partial charge in [0.15, 0.2) is 11.5 Å². The van der Waals surface area contributed by atoms with Crippen LogP contribution in [0.5, 0.6) is 17.2 Å². The molecule has 0 unspecified atom stereocenters. The predicted octanol–water partition coefficient (Wildman–Crippen LogP) is 5.75. The van der Waals surface area contributed by atoms with E-state index in [2.05, 4.69) is 28.6 Å². The molecule has 11 heteroatoms. The van der Waals surface area contributed by atoms with Crippen molar-refractivity contribution in [3.05, 3.63) is 76.7 Å². The van der Waals surface area contributed by atoms with Crippen LogP contribution in [-0.4, -0.2) is 88.1 Å². The lowest BCUT2D eigenvalue weighted by molar-refractivity contribution is 0.0873. The maximum absolute atomic E-state index is 14.2. The third-order valence-corrected chi connectivity index (χ3v) is 11.3. The first-order valence-electron chi connectivity index (χ1n) is 15.2. The van der Waals surface area contributed by atoms with Crippen LogP contribution in [-0.2, 0) is 23.1 Å². The maximum atomic E-state index is 14.2. The summed E-state index contributed by atoms with van der Waals surface area (Å²) >= 11 is 1.58. The molecule has 4 aromatic rings. The van der Waals surface area contributed by atoms with Crippen molar-refractivity contribution in [1.82, 2.24) is 19.1 Å². The van der Waals surface area contributed by atoms with E-state index in [9.17, 15) is 8.42 Å². The number of fused-ring (bicyclic) bond motifs is 1. The van der Waals surface area contributed by atoms with Gasteiger partial charge >= 0.3 is 0 Å². The largest absolute Gasteiger partial charge is 0.493 e. The minimum absolute atomic E-state index is 0.0827. The molecule has 3 heterocycles. The fraction of sp³-hybridized carbons (Fsp3) is 0.441. The van der Waals surface area contributed by atoms with Crippen molar-refractivity contribution >= 4 is 32.1 Å². The van der Waals surface area contributed by atoms with Crippen molar-refractivity contribution in [3.8, 4) is 17.2 Å². The molecule has 1 aliphatic heterocycles. The lowest BCUT2D eigenvalue weighted by Crippen LogP contribution is -2.49. The van der Waals surface area contributed by atoms with Gasteiger partial charge in [-0.3, -0.25) is 9.88 Å². The molecule has 242 valence electrons. The number of thiophene rings is 1. The van der Waals surface area contributed by atoms with Crippen LogP contribution in [0.3, 0.4) is 0 Å². The molecule has 0 saturated carbocycles. The van der Waals surface area contributed by atoms with Gasteiger partial charge in [-0.05, 0) is 41.5 Å². The molecule has 0 amide bonds. The molecule has 1 fully saturated rings. The van der Waals surface area contributed by atoms with Crippen molar-refractivity contribution in [2.45, 2.75) is 38.3 Å². The number of ether oxygens (including phenoxy) is 3. The maximum Gasteiger partial charge on any atom is 0.244 e. The van der Waals surface area contributed by atoms with Gasteiger partial charge in [-0.1, -0.05) is 38.1 Å². The highest BCUT2D eigenvalue weighted by atomic mass is 32.2. The number of rotatable bonds is 14. The number of methoxy groups -OCH3 is 3. The van der Waals surface area contributed by atoms with Crippen LogP contribution in [0, 0.1) is 5.41 Å². The number of benzene rings is 2. The SMILES string of the molecule is COc1ccc(CN2CCN(CC(C)(C)CCN(Cc3cccs3)S(=O)(=O)c3cccc4cnccc34)CC2)c(OC)c1OC. The van der Waals surface area contributed by atoms with Gasteiger partial charge in [0.25, 0.3) is 0 Å². The Morgan fingerprint density at radius 2 is 1.67 bits per heavy atom. The van der Waals surface area contributed by atoms with Crippen LogP contribution in [0.15, 0.2) is 71.2 Å². The normalized spacial score (nSPS) is 15.1. The van der Waals surface area contributed by atoms with E-state index >= 15 is 0 Å². The quantitative estimate of drug-likeness (QED) is 0.170. The summed E-state index contributed by atoms with van der Waals surface area (Å²) in [5.41, 5.74) is 0.985. The smallest absolute Gasteiger partial charge is 0.244 e. The van der Waals surface area contributed by atoms with Crippen molar-refractivity contribution in [2.75, 3.05) is 60.6 Å². The molecule has 1 saturated heterocycles. The van der Waals surface area contributed by atoms with Gasteiger partial charge in [0.1, 0.15) is 0 Å². The molecule has 0 bridgehead atoms. The Morgan fingerprint density at radius 1 is 0.911 bits per heavy atom. The van der Waals surface area contributed by atoms with E-state index < -0.39 is 10.0 Å². The van der Waals surface area contributed by atoms with Crippen molar-refractivity contribution in [3.63, 3.8) is 0 Å². The fourth-order valence-corrected chi connectivity index (χ4v) is 8.50. The number of sulfonamides is 1. The zero-order valence-corrected chi connectivity index (χ0v) is 28.5. The number of hydrogen-bond donors (Lipinski definition) is 0. The number of nitrogens with zero attached hydrogens (tertiary/aromatic N) is 4. The molecule has 2 aromatic heterocycles. The lowest BCUT2D eigenvalue weighted by Gasteiger charge is -2.39. The van der Waals surface area contributed by atoms with Crippen LogP contribution >= 0.6 is 11.3 Å². The summed E-state index contributed by atoms with van der Waals surface area (Å²) < 4.78 is 46.7. The molecule has 45 heavy (non-hydrogen) atoms. The third kappa shape index (κ3) is 7.78. The number of hydrogen-bond acceptors (Lipinski definition) is 9. The summed E-state index contributed by atoms with van der Waals surface area (Å²) in [5.74, 6) is 1.98. The summed E-state index contributed by atoms with van der Waals surface area (Å²) in [4.78, 5) is 10.5. The van der Waals surface area contributed by atoms with Crippen LogP contribution in [0.1, 0.15) is 30.7 Å². The molecule has 0 radical (unpaired) electrons. The fourth-order valence-electron chi connectivity index (χ4n) is 6.06. The van der Waals surface area contributed by atoms with Gasteiger partial charge in [-0.2, -0.15) is 4.31 Å². The van der Waals surface area contributed by atoms with Gasteiger partial charge in [0, 0.05) is 86.0 Å². The highest BCUT2D eigenvalue weighted by Gasteiger charge is 2.31. The van der Waals surface area contributed by atoms with Gasteiger partial charge in [-0.25, -0.2) is 8.42 Å². The average Bonchev–Trinajstić information content (AvgIpc) is 3.56. The third-order valence-electron chi connectivity index (χ3n) is 8.51. The zero-order chi connectivity index (χ0) is 32.0. The van der Waals surface area contributed by atoms with E-state index in [0.29, 0.717) is 40.6 Å². The Kier molecular flexibility index (Phi) is 10.7. The molecule has 0 atom stereocenters. The molecule has 5 rings (SSSR count). The van der Waals surface area contributed by atoms with Crippen molar-refractivity contribution in [1.29, 1.82) is 0 Å². The molecule has 2 aromatic carbocycles. The van der Waals surface area contributed by atoms with E-state index in [0.717, 1.165) is 61.5 Å². The van der Waals surface area contributed by atoms with Gasteiger partial charge in [0.2, 0.25) is 15.8 Å². The minimum atomic E-state index is -3.75. The summed E-state index contributed by atoms with van der Waals surface area (Å²) in [7, 11) is 1.17. The monoisotopic (exact) mass is 652 g/mol. The molecular weight excluding hydrogens is 609 g/mol. The number of aromatic nitrogens is 1. The van der Waals surface area contributed by atoms with Gasteiger partial charge < -0.3 is 19.1 Å². The van der Waals surface area contributed by atoms with E-state index in [-0.39, 0.29) is 5.41 Å². The lowest BCUT2D eigenvalue weighted by atomic mass is 9.88. The Balaban J connectivity index is 1.23. The van der Waals surface area contributed by atoms with Crippen LogP contribution < -0.4 is 14.2 Å². The highest BCUT2D eigenvalue weighted by molar-refractivity contribution is 7.89. The van der Waals surface area contributed by atoms with E-state index in [4.69, 9.17) is 14.2 Å². The Morgan fingerprint density at radius 3 is 2.36 bits per heavy atom. The number of pyridine rings is 1. The van der Waals surface area contributed by atoms with Crippen LogP contribution in [0.2, 0.25) is 0 Å². The van der Waals surface area contributed by atoms with Gasteiger partial charge in [0.05, 0.1) is 26.2 Å². The first-order chi connectivity index (χ1) is 21.6. The van der Waals surface area contributed by atoms with Crippen molar-refractivity contribution in [2.24, 2.45) is 5.41 Å². The highest BCUT2D eigenvalue weighted by Crippen LogP contribution is 2.40. The first kappa shape index (κ1) is 33.2. The number of piperazine rings is 1. The van der Waals surface area contributed by atoms with Crippen LogP contribution in [0.25, 0.3) is 10.8 Å². The minimum Gasteiger partial charge on any atom is -0.493 e. The van der Waals surface area contributed by atoms with Crippen LogP contribution in [0.4, 0.5) is 0 Å². The second-order valence-electron chi connectivity index (χ2n) is 12.2. The van der Waals surface area contributed by atoms with E-state index in [1.54, 1.807) is 67.6 Å². The van der Waals surface area contributed by atoms with Crippen molar-refractivity contribution < 1.29 is 22.6 Å². The molecule has 0 N–H and O–H groups in total. The van der Waals surface area contributed by atoms with E-state index in [1.807, 2.05) is 35.7 Å². The molecular formula is C34H44N4O5S2. The molecule has 0 spiro atoms.